The first-order valence-corrected chi connectivity index (χ1v) is 12.9. The first kappa shape index (κ1) is 24.4. The number of amides is 1. The summed E-state index contributed by atoms with van der Waals surface area (Å²) in [6.07, 6.45) is 4.72. The molecule has 5 rings (SSSR count). The topological polar surface area (TPSA) is 82.6 Å². The Kier molecular flexibility index (Phi) is 6.58. The quantitative estimate of drug-likeness (QED) is 0.397. The molecule has 1 aliphatic heterocycles. The van der Waals surface area contributed by atoms with Crippen molar-refractivity contribution in [2.45, 2.75) is 11.4 Å². The maximum absolute atomic E-state index is 13.9. The van der Waals surface area contributed by atoms with E-state index in [-0.39, 0.29) is 22.9 Å². The van der Waals surface area contributed by atoms with Crippen LogP contribution >= 0.6 is 0 Å². The first-order valence-electron chi connectivity index (χ1n) is 11.4. The molecule has 10 heteroatoms. The molecule has 0 saturated heterocycles. The average Bonchev–Trinajstić information content (AvgIpc) is 2.91. The van der Waals surface area contributed by atoms with Crippen LogP contribution < -0.4 is 4.72 Å². The van der Waals surface area contributed by atoms with Crippen molar-refractivity contribution in [3.05, 3.63) is 114 Å². The van der Waals surface area contributed by atoms with Gasteiger partial charge in [-0.15, -0.1) is 0 Å². The minimum absolute atomic E-state index is 0.0238. The Balaban J connectivity index is 1.26. The largest absolute Gasteiger partial charge is 0.370 e. The minimum atomic E-state index is -3.91. The van der Waals surface area contributed by atoms with Gasteiger partial charge in [0.1, 0.15) is 16.5 Å². The summed E-state index contributed by atoms with van der Waals surface area (Å²) in [6.45, 7) is 0.777. The van der Waals surface area contributed by atoms with Crippen LogP contribution in [0.4, 0.5) is 14.5 Å². The molecule has 188 valence electrons. The number of nitrogens with one attached hydrogen (secondary N) is 1. The average molecular weight is 521 g/mol. The Bertz CT molecular complexity index is 1580. The molecule has 0 atom stereocenters. The van der Waals surface area contributed by atoms with Crippen molar-refractivity contribution in [1.82, 2.24) is 14.8 Å². The van der Waals surface area contributed by atoms with E-state index in [0.29, 0.717) is 35.2 Å². The van der Waals surface area contributed by atoms with Crippen LogP contribution in [0.25, 0.3) is 10.9 Å². The van der Waals surface area contributed by atoms with Gasteiger partial charge in [-0.3, -0.25) is 14.5 Å². The molecule has 0 radical (unpaired) electrons. The summed E-state index contributed by atoms with van der Waals surface area (Å²) < 4.78 is 56.4. The number of nitrogens with zero attached hydrogens (tertiary/aromatic N) is 3. The highest BCUT2D eigenvalue weighted by Crippen LogP contribution is 2.24. The number of carbonyl (C=O) groups is 1. The van der Waals surface area contributed by atoms with E-state index in [1.165, 1.54) is 59.6 Å². The lowest BCUT2D eigenvalue weighted by Gasteiger charge is -2.30. The van der Waals surface area contributed by atoms with Gasteiger partial charge in [-0.25, -0.2) is 17.2 Å². The third-order valence-corrected chi connectivity index (χ3v) is 7.45. The molecule has 0 unspecified atom stereocenters. The second-order valence-electron chi connectivity index (χ2n) is 8.48. The van der Waals surface area contributed by atoms with E-state index in [0.717, 1.165) is 0 Å². The zero-order valence-electron chi connectivity index (χ0n) is 19.5. The number of pyridine rings is 1. The Labute approximate surface area is 212 Å². The number of hydrogen-bond acceptors (Lipinski definition) is 5. The van der Waals surface area contributed by atoms with E-state index in [1.54, 1.807) is 41.6 Å². The molecule has 1 N–H and O–H groups in total. The standard InChI is InChI=1S/C27H22F2N4O3S/c28-23-6-2-7-24(29)22(23)18-32-14-16-33(17-15-32)27(34)20-9-11-21(12-10-20)31-37(35,36)25-8-1-4-19-5-3-13-30-26(19)25/h1-14,16,31H,15,17-18H2. The second kappa shape index (κ2) is 9.98. The lowest BCUT2D eigenvalue weighted by Crippen LogP contribution is -2.38. The van der Waals surface area contributed by atoms with E-state index in [9.17, 15) is 22.0 Å². The van der Waals surface area contributed by atoms with Crippen LogP contribution in [0.1, 0.15) is 15.9 Å². The third-order valence-electron chi connectivity index (χ3n) is 6.04. The van der Waals surface area contributed by atoms with Crippen LogP contribution in [0.2, 0.25) is 0 Å². The molecule has 1 aromatic heterocycles. The second-order valence-corrected chi connectivity index (χ2v) is 10.1. The maximum atomic E-state index is 13.9. The minimum Gasteiger partial charge on any atom is -0.370 e. The Morgan fingerprint density at radius 3 is 2.30 bits per heavy atom. The van der Waals surface area contributed by atoms with Gasteiger partial charge in [0.05, 0.1) is 5.52 Å². The summed E-state index contributed by atoms with van der Waals surface area (Å²) in [4.78, 5) is 20.4. The predicted octanol–water partition coefficient (Wildman–Crippen LogP) is 4.74. The van der Waals surface area contributed by atoms with Gasteiger partial charge >= 0.3 is 0 Å². The van der Waals surface area contributed by atoms with Gasteiger partial charge in [-0.2, -0.15) is 0 Å². The van der Waals surface area contributed by atoms with Crippen LogP contribution in [-0.4, -0.2) is 42.2 Å². The van der Waals surface area contributed by atoms with Crippen molar-refractivity contribution in [2.75, 3.05) is 17.8 Å². The van der Waals surface area contributed by atoms with Crippen molar-refractivity contribution < 1.29 is 22.0 Å². The van der Waals surface area contributed by atoms with Crippen molar-refractivity contribution in [1.29, 1.82) is 0 Å². The molecule has 0 fully saturated rings. The van der Waals surface area contributed by atoms with Gasteiger partial charge in [-0.05, 0) is 48.5 Å². The smallest absolute Gasteiger partial charge is 0.264 e. The normalized spacial score (nSPS) is 13.7. The zero-order valence-corrected chi connectivity index (χ0v) is 20.3. The molecule has 0 aliphatic carbocycles. The Hall–Kier alpha value is -4.31. The van der Waals surface area contributed by atoms with Gasteiger partial charge in [0.25, 0.3) is 15.9 Å². The van der Waals surface area contributed by atoms with E-state index in [4.69, 9.17) is 0 Å². The molecule has 1 aliphatic rings. The van der Waals surface area contributed by atoms with Gasteiger partial charge in [0.15, 0.2) is 0 Å². The summed E-state index contributed by atoms with van der Waals surface area (Å²) >= 11 is 0. The van der Waals surface area contributed by atoms with Gasteiger partial charge < -0.3 is 9.80 Å². The van der Waals surface area contributed by atoms with E-state index >= 15 is 0 Å². The SMILES string of the molecule is O=C(c1ccc(NS(=O)(=O)c2cccc3cccnc23)cc1)N1C=CN(Cc2c(F)cccc2F)CC1. The number of carbonyl (C=O) groups excluding carboxylic acids is 1. The van der Waals surface area contributed by atoms with Gasteiger partial charge in [0.2, 0.25) is 0 Å². The number of fused-ring (bicyclic) bond motifs is 1. The number of hydrogen-bond donors (Lipinski definition) is 1. The molecule has 4 aromatic rings. The monoisotopic (exact) mass is 520 g/mol. The van der Waals surface area contributed by atoms with E-state index < -0.39 is 21.7 Å². The predicted molar refractivity (Wildman–Crippen MR) is 136 cm³/mol. The highest BCUT2D eigenvalue weighted by Gasteiger charge is 2.21. The van der Waals surface area contributed by atoms with Crippen molar-refractivity contribution in [3.63, 3.8) is 0 Å². The van der Waals surface area contributed by atoms with Gasteiger partial charge in [-0.1, -0.05) is 24.3 Å². The highest BCUT2D eigenvalue weighted by molar-refractivity contribution is 7.93. The number of sulfonamides is 1. The summed E-state index contributed by atoms with van der Waals surface area (Å²) in [5.41, 5.74) is 1.02. The zero-order chi connectivity index (χ0) is 26.0. The van der Waals surface area contributed by atoms with E-state index in [2.05, 4.69) is 9.71 Å². The molecular formula is C27H22F2N4O3S. The lowest BCUT2D eigenvalue weighted by atomic mass is 10.1. The number of para-hydroxylation sites is 1. The number of halogens is 2. The van der Waals surface area contributed by atoms with Crippen molar-refractivity contribution in [3.8, 4) is 0 Å². The van der Waals surface area contributed by atoms with Crippen LogP contribution in [0, 0.1) is 11.6 Å². The number of benzene rings is 3. The van der Waals surface area contributed by atoms with Crippen LogP contribution in [0.5, 0.6) is 0 Å². The fourth-order valence-corrected chi connectivity index (χ4v) is 5.34. The third kappa shape index (κ3) is 5.14. The number of rotatable bonds is 6. The first-order chi connectivity index (χ1) is 17.8. The van der Waals surface area contributed by atoms with Crippen LogP contribution in [0.3, 0.4) is 0 Å². The van der Waals surface area contributed by atoms with Crippen molar-refractivity contribution in [2.24, 2.45) is 0 Å². The van der Waals surface area contributed by atoms with Crippen LogP contribution in [-0.2, 0) is 16.6 Å². The van der Waals surface area contributed by atoms with E-state index in [1.807, 2.05) is 0 Å². The molecule has 2 heterocycles. The molecular weight excluding hydrogens is 498 g/mol. The lowest BCUT2D eigenvalue weighted by molar-refractivity contribution is 0.0795. The highest BCUT2D eigenvalue weighted by atomic mass is 32.2. The fraction of sp³-hybridized carbons (Fsp3) is 0.111. The molecule has 0 spiro atoms. The number of aromatic nitrogens is 1. The molecule has 1 amide bonds. The summed E-state index contributed by atoms with van der Waals surface area (Å²) in [6, 6.07) is 18.3. The summed E-state index contributed by atoms with van der Waals surface area (Å²) in [5.74, 6) is -1.50. The Morgan fingerprint density at radius 1 is 0.892 bits per heavy atom. The molecule has 37 heavy (non-hydrogen) atoms. The molecule has 3 aromatic carbocycles. The molecule has 7 nitrogen and oxygen atoms in total. The number of anilines is 1. The summed E-state index contributed by atoms with van der Waals surface area (Å²) in [7, 11) is -3.91. The fourth-order valence-electron chi connectivity index (χ4n) is 4.10. The summed E-state index contributed by atoms with van der Waals surface area (Å²) in [5, 5.41) is 0.707. The maximum Gasteiger partial charge on any atom is 0.264 e. The molecule has 0 saturated carbocycles. The van der Waals surface area contributed by atoms with Gasteiger partial charge in [0, 0.05) is 60.4 Å². The van der Waals surface area contributed by atoms with Crippen molar-refractivity contribution >= 4 is 32.5 Å². The van der Waals surface area contributed by atoms with Crippen LogP contribution in [0.15, 0.2) is 96.3 Å². The molecule has 0 bridgehead atoms. The Morgan fingerprint density at radius 2 is 1.59 bits per heavy atom.